The lowest BCUT2D eigenvalue weighted by Gasteiger charge is -1.71. The molecule has 0 unspecified atom stereocenters. The maximum Gasteiger partial charge on any atom is 0.106 e. The standard InChI is InChI=1S/C2H5NO/c1-3-4-2/h1H2,2H3/i1D/b3-1+. The molecule has 0 saturated heterocycles. The zero-order valence-electron chi connectivity index (χ0n) is 3.43. The lowest BCUT2D eigenvalue weighted by atomic mass is 11.7. The van der Waals surface area contributed by atoms with Gasteiger partial charge in [0.05, 0.1) is 1.37 Å². The molecule has 24 valence electrons. The average molecular weight is 60.1 g/mol. The largest absolute Gasteiger partial charge is 0.400 e. The summed E-state index contributed by atoms with van der Waals surface area (Å²) >= 11 is 0. The normalized spacial score (nSPS) is 11.8. The van der Waals surface area contributed by atoms with Crippen molar-refractivity contribution in [3.63, 3.8) is 0 Å². The lowest BCUT2D eigenvalue weighted by molar-refractivity contribution is 0.217. The molecular weight excluding hydrogens is 54.0 g/mol. The Morgan fingerprint density at radius 3 is 3.25 bits per heavy atom. The highest BCUT2D eigenvalue weighted by Crippen LogP contribution is 1.49. The van der Waals surface area contributed by atoms with E-state index in [1.807, 2.05) is 0 Å². The second kappa shape index (κ2) is 2.47. The van der Waals surface area contributed by atoms with Gasteiger partial charge in [0.1, 0.15) is 7.11 Å². The highest BCUT2D eigenvalue weighted by Gasteiger charge is 1.35. The van der Waals surface area contributed by atoms with Crippen molar-refractivity contribution in [3.8, 4) is 0 Å². The van der Waals surface area contributed by atoms with E-state index in [1.165, 1.54) is 7.11 Å². The van der Waals surface area contributed by atoms with Crippen LogP contribution < -0.4 is 0 Å². The van der Waals surface area contributed by atoms with Crippen LogP contribution in [0.4, 0.5) is 0 Å². The van der Waals surface area contributed by atoms with Gasteiger partial charge in [0.2, 0.25) is 0 Å². The van der Waals surface area contributed by atoms with Gasteiger partial charge in [-0.2, -0.15) is 0 Å². The smallest absolute Gasteiger partial charge is 0.106 e. The summed E-state index contributed by atoms with van der Waals surface area (Å²) in [5, 5.41) is 3.01. The maximum absolute atomic E-state index is 6.19. The summed E-state index contributed by atoms with van der Waals surface area (Å²) in [7, 11) is 1.39. The van der Waals surface area contributed by atoms with Crippen LogP contribution in [0.15, 0.2) is 5.16 Å². The molecule has 0 aromatic rings. The molecular formula is C2H5NO. The Morgan fingerprint density at radius 1 is 2.50 bits per heavy atom. The third-order valence-electron chi connectivity index (χ3n) is 0.105. The Labute approximate surface area is 26.5 Å². The van der Waals surface area contributed by atoms with E-state index in [-0.39, 0.29) is 0 Å². The van der Waals surface area contributed by atoms with Crippen molar-refractivity contribution in [2.24, 2.45) is 5.16 Å². The van der Waals surface area contributed by atoms with Gasteiger partial charge in [-0.3, -0.25) is 0 Å². The molecule has 0 bridgehead atoms. The third-order valence-corrected chi connectivity index (χ3v) is 0.105. The molecule has 2 heteroatoms. The molecule has 0 spiro atoms. The van der Waals surface area contributed by atoms with Gasteiger partial charge in [-0.15, -0.1) is 5.16 Å². The third kappa shape index (κ3) is 1.47. The second-order valence-electron chi connectivity index (χ2n) is 0.288. The first-order valence-electron chi connectivity index (χ1n) is 1.43. The molecule has 0 aromatic carbocycles. The van der Waals surface area contributed by atoms with Crippen LogP contribution in [0.2, 0.25) is 0 Å². The second-order valence-corrected chi connectivity index (χ2v) is 0.288. The zero-order chi connectivity index (χ0) is 4.12. The first-order valence-corrected chi connectivity index (χ1v) is 0.849. The predicted molar refractivity (Wildman–Crippen MR) is 16.6 cm³/mol. The predicted octanol–water partition coefficient (Wildman–Crippen LogP) is 0.248. The van der Waals surface area contributed by atoms with Crippen LogP contribution in [-0.4, -0.2) is 13.8 Å². The van der Waals surface area contributed by atoms with Gasteiger partial charge in [-0.05, 0) is 0 Å². The minimum absolute atomic E-state index is 0.833. The van der Waals surface area contributed by atoms with Gasteiger partial charge >= 0.3 is 0 Å². The quantitative estimate of drug-likeness (QED) is 0.314. The van der Waals surface area contributed by atoms with Crippen LogP contribution in [0.1, 0.15) is 1.37 Å². The molecule has 2 nitrogen and oxygen atoms in total. The molecule has 0 aromatic heterocycles. The summed E-state index contributed by atoms with van der Waals surface area (Å²) in [5.74, 6) is 0. The topological polar surface area (TPSA) is 21.6 Å². The Balaban J connectivity index is 2.62. The van der Waals surface area contributed by atoms with Crippen LogP contribution in [0, 0.1) is 0 Å². The highest BCUT2D eigenvalue weighted by atomic mass is 16.6. The minimum Gasteiger partial charge on any atom is -0.400 e. The van der Waals surface area contributed by atoms with Crippen LogP contribution >= 0.6 is 0 Å². The van der Waals surface area contributed by atoms with Crippen molar-refractivity contribution in [1.82, 2.24) is 0 Å². The van der Waals surface area contributed by atoms with Crippen molar-refractivity contribution in [3.05, 3.63) is 0 Å². The van der Waals surface area contributed by atoms with Crippen molar-refractivity contribution in [1.29, 1.82) is 0 Å². The van der Waals surface area contributed by atoms with Crippen LogP contribution in [0.5, 0.6) is 0 Å². The van der Waals surface area contributed by atoms with Crippen LogP contribution in [0.25, 0.3) is 0 Å². The monoisotopic (exact) mass is 60.0 g/mol. The Hall–Kier alpha value is -0.530. The van der Waals surface area contributed by atoms with E-state index < -0.39 is 0 Å². The molecule has 0 N–H and O–H groups in total. The van der Waals surface area contributed by atoms with Crippen molar-refractivity contribution >= 4 is 6.69 Å². The summed E-state index contributed by atoms with van der Waals surface area (Å²) in [6.07, 6.45) is 0. The summed E-state index contributed by atoms with van der Waals surface area (Å²) < 4.78 is 6.19. The van der Waals surface area contributed by atoms with Crippen molar-refractivity contribution in [2.75, 3.05) is 7.11 Å². The van der Waals surface area contributed by atoms with Crippen molar-refractivity contribution in [2.45, 2.75) is 0 Å². The molecule has 0 radical (unpaired) electrons. The van der Waals surface area contributed by atoms with Crippen LogP contribution in [-0.2, 0) is 4.84 Å². The summed E-state index contributed by atoms with van der Waals surface area (Å²) in [6.45, 7) is 0.833. The number of rotatable bonds is 1. The van der Waals surface area contributed by atoms with E-state index in [1.54, 1.807) is 0 Å². The fraction of sp³-hybridized carbons (Fsp3) is 0.500. The van der Waals surface area contributed by atoms with Gasteiger partial charge < -0.3 is 4.84 Å². The molecule has 0 amide bonds. The molecule has 0 saturated carbocycles. The van der Waals surface area contributed by atoms with Gasteiger partial charge in [-0.1, -0.05) is 0 Å². The molecule has 0 fully saturated rings. The molecule has 4 heavy (non-hydrogen) atoms. The SMILES string of the molecule is [2H]/C=N/OC. The Kier molecular flexibility index (Phi) is 1.09. The number of hydrogen-bond acceptors (Lipinski definition) is 2. The average Bonchev–Trinajstić information content (AvgIpc) is 1.41. The minimum atomic E-state index is 0.833. The van der Waals surface area contributed by atoms with Gasteiger partial charge in [0, 0.05) is 6.69 Å². The fourth-order valence-electron chi connectivity index (χ4n) is 0. The van der Waals surface area contributed by atoms with E-state index in [2.05, 4.69) is 9.99 Å². The Bertz CT molecular complexity index is 36.6. The molecule has 0 aliphatic carbocycles. The maximum atomic E-state index is 6.19. The number of nitrogens with zero attached hydrogens (tertiary/aromatic N) is 1. The summed E-state index contributed by atoms with van der Waals surface area (Å²) in [6, 6.07) is 0. The molecule has 0 heterocycles. The fourth-order valence-corrected chi connectivity index (χ4v) is 0. The number of hydrogen-bond donors (Lipinski definition) is 0. The van der Waals surface area contributed by atoms with Gasteiger partial charge in [0.15, 0.2) is 0 Å². The van der Waals surface area contributed by atoms with Crippen LogP contribution in [0.3, 0.4) is 0 Å². The first kappa shape index (κ1) is 1.76. The van der Waals surface area contributed by atoms with Gasteiger partial charge in [-0.25, -0.2) is 0 Å². The molecule has 0 aliphatic heterocycles. The summed E-state index contributed by atoms with van der Waals surface area (Å²) in [4.78, 5) is 4.07. The van der Waals surface area contributed by atoms with E-state index in [4.69, 9.17) is 1.37 Å². The zero-order valence-corrected chi connectivity index (χ0v) is 2.43. The lowest BCUT2D eigenvalue weighted by Crippen LogP contribution is -1.55. The van der Waals surface area contributed by atoms with Gasteiger partial charge in [0.25, 0.3) is 0 Å². The van der Waals surface area contributed by atoms with Crippen molar-refractivity contribution < 1.29 is 6.21 Å². The molecule has 0 atom stereocenters. The first-order chi connectivity index (χ1) is 2.41. The highest BCUT2D eigenvalue weighted by molar-refractivity contribution is 5.21. The van der Waals surface area contributed by atoms with E-state index >= 15 is 0 Å². The van der Waals surface area contributed by atoms with E-state index in [9.17, 15) is 0 Å². The molecule has 0 aliphatic rings. The van der Waals surface area contributed by atoms with E-state index in [0.717, 1.165) is 6.69 Å². The Morgan fingerprint density at radius 2 is 3.25 bits per heavy atom. The number of oxime groups is 1. The molecule has 0 rings (SSSR count). The van der Waals surface area contributed by atoms with E-state index in [0.29, 0.717) is 0 Å². The summed E-state index contributed by atoms with van der Waals surface area (Å²) in [5.41, 5.74) is 0.